The summed E-state index contributed by atoms with van der Waals surface area (Å²) >= 11 is 0. The monoisotopic (exact) mass is 449 g/mol. The summed E-state index contributed by atoms with van der Waals surface area (Å²) in [5, 5.41) is 11.4. The summed E-state index contributed by atoms with van der Waals surface area (Å²) in [6, 6.07) is 9.76. The molecule has 5 rings (SSSR count). The number of rotatable bonds is 4. The van der Waals surface area contributed by atoms with Crippen LogP contribution in [0.25, 0.3) is 22.3 Å². The van der Waals surface area contributed by atoms with Gasteiger partial charge in [0, 0.05) is 53.0 Å². The van der Waals surface area contributed by atoms with Crippen LogP contribution in [0.2, 0.25) is 0 Å². The Kier molecular flexibility index (Phi) is 5.40. The average Bonchev–Trinajstić information content (AvgIpc) is 3.25. The van der Waals surface area contributed by atoms with Crippen LogP contribution in [0.15, 0.2) is 36.5 Å². The Morgan fingerprint density at radius 2 is 1.94 bits per heavy atom. The molecular weight excluding hydrogens is 421 g/mol. The van der Waals surface area contributed by atoms with Gasteiger partial charge >= 0.3 is 0 Å². The molecule has 2 aliphatic rings. The van der Waals surface area contributed by atoms with Crippen molar-refractivity contribution in [3.05, 3.63) is 47.9 Å². The summed E-state index contributed by atoms with van der Waals surface area (Å²) in [7, 11) is 1.51. The van der Waals surface area contributed by atoms with E-state index in [2.05, 4.69) is 41.2 Å². The van der Waals surface area contributed by atoms with E-state index >= 15 is 4.39 Å². The van der Waals surface area contributed by atoms with Gasteiger partial charge in [0.05, 0.1) is 13.3 Å². The van der Waals surface area contributed by atoms with Gasteiger partial charge in [-0.15, -0.1) is 5.10 Å². The molecule has 3 aromatic rings. The van der Waals surface area contributed by atoms with E-state index < -0.39 is 0 Å². The van der Waals surface area contributed by atoms with Crippen molar-refractivity contribution in [1.82, 2.24) is 20.5 Å². The van der Waals surface area contributed by atoms with E-state index in [-0.39, 0.29) is 18.0 Å². The van der Waals surface area contributed by atoms with Crippen molar-refractivity contribution in [3.63, 3.8) is 0 Å². The average molecular weight is 450 g/mol. The number of nitrogens with zero attached hydrogens (tertiary/aromatic N) is 4. The topological polar surface area (TPSA) is 72.4 Å². The standard InChI is InChI=1S/C25H28FN5O2/c1-25(2,3)29-16-9-10-31(13-16)21-8-7-19-18-6-5-17(15-11-22(32-4)30-27-12-15)23(26)20(18)14-33-24(19)28-21/h5-8,11-12,16,29H,9-10,13-14H2,1-4H3/t16-/m1/s1. The first-order chi connectivity index (χ1) is 15.8. The zero-order chi connectivity index (χ0) is 23.2. The zero-order valence-corrected chi connectivity index (χ0v) is 19.4. The molecule has 0 radical (unpaired) electrons. The highest BCUT2D eigenvalue weighted by atomic mass is 19.1. The zero-order valence-electron chi connectivity index (χ0n) is 19.4. The molecule has 0 amide bonds. The van der Waals surface area contributed by atoms with E-state index in [0.717, 1.165) is 36.5 Å². The molecule has 1 N–H and O–H groups in total. The summed E-state index contributed by atoms with van der Waals surface area (Å²) in [5.74, 6) is 1.45. The number of anilines is 1. The Hall–Kier alpha value is -3.26. The van der Waals surface area contributed by atoms with E-state index in [4.69, 9.17) is 14.5 Å². The third kappa shape index (κ3) is 4.23. The quantitative estimate of drug-likeness (QED) is 0.640. The van der Waals surface area contributed by atoms with E-state index in [1.165, 1.54) is 13.3 Å². The fourth-order valence-electron chi connectivity index (χ4n) is 4.59. The van der Waals surface area contributed by atoms with Crippen molar-refractivity contribution in [3.8, 4) is 34.0 Å². The number of hydrogen-bond donors (Lipinski definition) is 1. The number of nitrogens with one attached hydrogen (secondary N) is 1. The van der Waals surface area contributed by atoms with Gasteiger partial charge in [0.2, 0.25) is 11.8 Å². The first-order valence-electron chi connectivity index (χ1n) is 11.2. The van der Waals surface area contributed by atoms with E-state index in [0.29, 0.717) is 34.5 Å². The second-order valence-corrected chi connectivity index (χ2v) is 9.58. The smallest absolute Gasteiger partial charge is 0.233 e. The lowest BCUT2D eigenvalue weighted by Gasteiger charge is -2.27. The predicted molar refractivity (Wildman–Crippen MR) is 125 cm³/mol. The maximum absolute atomic E-state index is 15.5. The highest BCUT2D eigenvalue weighted by Gasteiger charge is 2.29. The van der Waals surface area contributed by atoms with Crippen LogP contribution < -0.4 is 19.7 Å². The van der Waals surface area contributed by atoms with Gasteiger partial charge in [-0.2, -0.15) is 10.1 Å². The fourth-order valence-corrected chi connectivity index (χ4v) is 4.59. The number of aromatic nitrogens is 3. The Labute approximate surface area is 193 Å². The molecular formula is C25H28FN5O2. The lowest BCUT2D eigenvalue weighted by Crippen LogP contribution is -2.44. The maximum Gasteiger partial charge on any atom is 0.233 e. The van der Waals surface area contributed by atoms with Crippen molar-refractivity contribution in [2.75, 3.05) is 25.1 Å². The number of halogens is 1. The van der Waals surface area contributed by atoms with Crippen LogP contribution in [0.5, 0.6) is 11.8 Å². The lowest BCUT2D eigenvalue weighted by atomic mass is 9.94. The molecule has 2 aliphatic heterocycles. The highest BCUT2D eigenvalue weighted by Crippen LogP contribution is 2.41. The predicted octanol–water partition coefficient (Wildman–Crippen LogP) is 4.21. The lowest BCUT2D eigenvalue weighted by molar-refractivity contribution is 0.284. The van der Waals surface area contributed by atoms with E-state index in [1.54, 1.807) is 12.1 Å². The van der Waals surface area contributed by atoms with Crippen LogP contribution >= 0.6 is 0 Å². The number of benzene rings is 1. The van der Waals surface area contributed by atoms with E-state index in [1.807, 2.05) is 18.2 Å². The van der Waals surface area contributed by atoms with Gasteiger partial charge in [0.25, 0.3) is 0 Å². The van der Waals surface area contributed by atoms with Gasteiger partial charge in [-0.1, -0.05) is 12.1 Å². The molecule has 33 heavy (non-hydrogen) atoms. The number of methoxy groups -OCH3 is 1. The van der Waals surface area contributed by atoms with Gasteiger partial charge in [-0.25, -0.2) is 4.39 Å². The van der Waals surface area contributed by atoms with Crippen LogP contribution in [0, 0.1) is 5.82 Å². The highest BCUT2D eigenvalue weighted by molar-refractivity contribution is 5.78. The van der Waals surface area contributed by atoms with Crippen LogP contribution in [0.4, 0.5) is 10.2 Å². The van der Waals surface area contributed by atoms with Crippen LogP contribution in [0.1, 0.15) is 32.8 Å². The largest absolute Gasteiger partial charge is 0.480 e. The number of pyridine rings is 1. The van der Waals surface area contributed by atoms with Gasteiger partial charge in [-0.3, -0.25) is 0 Å². The van der Waals surface area contributed by atoms with Gasteiger partial charge in [-0.05, 0) is 44.9 Å². The van der Waals surface area contributed by atoms with Crippen LogP contribution in [-0.2, 0) is 6.61 Å². The molecule has 1 saturated heterocycles. The molecule has 1 aromatic carbocycles. The van der Waals surface area contributed by atoms with Crippen molar-refractivity contribution in [2.45, 2.75) is 45.4 Å². The fraction of sp³-hybridized carbons (Fsp3) is 0.400. The first kappa shape index (κ1) is 21.6. The summed E-state index contributed by atoms with van der Waals surface area (Å²) < 4.78 is 26.5. The van der Waals surface area contributed by atoms with Gasteiger partial charge < -0.3 is 19.7 Å². The Morgan fingerprint density at radius 3 is 2.73 bits per heavy atom. The summed E-state index contributed by atoms with van der Waals surface area (Å²) in [4.78, 5) is 7.05. The van der Waals surface area contributed by atoms with Crippen LogP contribution in [0.3, 0.4) is 0 Å². The van der Waals surface area contributed by atoms with Crippen molar-refractivity contribution in [2.24, 2.45) is 0 Å². The summed E-state index contributed by atoms with van der Waals surface area (Å²) in [5.41, 5.74) is 3.25. The first-order valence-corrected chi connectivity index (χ1v) is 11.2. The molecule has 0 unspecified atom stereocenters. The Balaban J connectivity index is 1.42. The molecule has 0 aliphatic carbocycles. The normalized spacial score (nSPS) is 17.4. The third-order valence-corrected chi connectivity index (χ3v) is 6.03. The molecule has 0 saturated carbocycles. The maximum atomic E-state index is 15.5. The molecule has 172 valence electrons. The Morgan fingerprint density at radius 1 is 1.15 bits per heavy atom. The Bertz CT molecular complexity index is 1190. The van der Waals surface area contributed by atoms with Gasteiger partial charge in [0.15, 0.2) is 0 Å². The van der Waals surface area contributed by atoms with Crippen molar-refractivity contribution in [1.29, 1.82) is 0 Å². The second kappa shape index (κ2) is 8.26. The second-order valence-electron chi connectivity index (χ2n) is 9.58. The molecule has 2 aromatic heterocycles. The minimum absolute atomic E-state index is 0.0805. The number of hydrogen-bond acceptors (Lipinski definition) is 7. The molecule has 0 bridgehead atoms. The molecule has 0 spiro atoms. The SMILES string of the molecule is COc1cc(-c2ccc3c(c2F)COc2nc(N4CC[C@@H](NC(C)(C)C)C4)ccc2-3)cnn1. The minimum atomic E-state index is -0.326. The van der Waals surface area contributed by atoms with Crippen LogP contribution in [-0.4, -0.2) is 47.0 Å². The molecule has 8 heteroatoms. The van der Waals surface area contributed by atoms with Gasteiger partial charge in [0.1, 0.15) is 18.2 Å². The van der Waals surface area contributed by atoms with Crippen molar-refractivity contribution < 1.29 is 13.9 Å². The third-order valence-electron chi connectivity index (χ3n) is 6.03. The number of ether oxygens (including phenoxy) is 2. The van der Waals surface area contributed by atoms with E-state index in [9.17, 15) is 0 Å². The number of fused-ring (bicyclic) bond motifs is 3. The molecule has 1 fully saturated rings. The molecule has 7 nitrogen and oxygen atoms in total. The summed E-state index contributed by atoms with van der Waals surface area (Å²) in [6.07, 6.45) is 2.60. The molecule has 1 atom stereocenters. The van der Waals surface area contributed by atoms with Crippen molar-refractivity contribution >= 4 is 5.82 Å². The minimum Gasteiger partial charge on any atom is -0.480 e. The molecule has 4 heterocycles. The summed E-state index contributed by atoms with van der Waals surface area (Å²) in [6.45, 7) is 8.53.